The molecule has 4 nitrogen and oxygen atoms in total. The van der Waals surface area contributed by atoms with Crippen LogP contribution in [0.1, 0.15) is 5.56 Å². The fourth-order valence-corrected chi connectivity index (χ4v) is 3.24. The SMILES string of the molecule is Cc1ccc(-c2cc(-c3ccco3)c3c(=S)[nH]c(=S)[nH]c3n2)cc1. The van der Waals surface area contributed by atoms with Crippen molar-refractivity contribution in [2.24, 2.45) is 0 Å². The molecule has 0 aliphatic rings. The van der Waals surface area contributed by atoms with Crippen molar-refractivity contribution in [3.05, 3.63) is 63.7 Å². The maximum atomic E-state index is 5.59. The van der Waals surface area contributed by atoms with Gasteiger partial charge in [-0.05, 0) is 37.3 Å². The van der Waals surface area contributed by atoms with Gasteiger partial charge in [0, 0.05) is 11.1 Å². The number of nitrogens with one attached hydrogen (secondary N) is 2. The Bertz CT molecular complexity index is 1140. The van der Waals surface area contributed by atoms with Crippen LogP contribution in [-0.2, 0) is 0 Å². The molecule has 3 heterocycles. The monoisotopic (exact) mass is 351 g/mol. The summed E-state index contributed by atoms with van der Waals surface area (Å²) in [5.41, 5.74) is 4.59. The van der Waals surface area contributed by atoms with Crippen molar-refractivity contribution in [3.8, 4) is 22.6 Å². The number of fused-ring (bicyclic) bond motifs is 1. The van der Waals surface area contributed by atoms with Gasteiger partial charge in [0.2, 0.25) is 0 Å². The first-order valence-electron chi connectivity index (χ1n) is 7.40. The summed E-state index contributed by atoms with van der Waals surface area (Å²) in [5, 5.41) is 0.796. The van der Waals surface area contributed by atoms with Gasteiger partial charge in [0.1, 0.15) is 16.0 Å². The second-order valence-corrected chi connectivity index (χ2v) is 6.35. The Morgan fingerprint density at radius 1 is 1.04 bits per heavy atom. The lowest BCUT2D eigenvalue weighted by molar-refractivity contribution is 0.583. The highest BCUT2D eigenvalue weighted by Gasteiger charge is 2.13. The molecule has 24 heavy (non-hydrogen) atoms. The van der Waals surface area contributed by atoms with Crippen LogP contribution in [0.4, 0.5) is 0 Å². The molecule has 0 saturated carbocycles. The molecule has 2 N–H and O–H groups in total. The van der Waals surface area contributed by atoms with Crippen LogP contribution < -0.4 is 0 Å². The zero-order valence-electron chi connectivity index (χ0n) is 12.8. The summed E-state index contributed by atoms with van der Waals surface area (Å²) in [6.45, 7) is 2.06. The summed E-state index contributed by atoms with van der Waals surface area (Å²) in [5.74, 6) is 0.737. The second-order valence-electron chi connectivity index (χ2n) is 5.53. The van der Waals surface area contributed by atoms with Crippen LogP contribution in [0.15, 0.2) is 53.1 Å². The molecular formula is C18H13N3OS2. The molecule has 6 heteroatoms. The van der Waals surface area contributed by atoms with E-state index in [0.29, 0.717) is 15.1 Å². The molecule has 0 aliphatic carbocycles. The van der Waals surface area contributed by atoms with E-state index in [1.165, 1.54) is 5.56 Å². The Labute approximate surface area is 148 Å². The zero-order chi connectivity index (χ0) is 16.7. The van der Waals surface area contributed by atoms with Crippen molar-refractivity contribution in [3.63, 3.8) is 0 Å². The Kier molecular flexibility index (Phi) is 3.63. The van der Waals surface area contributed by atoms with Crippen molar-refractivity contribution in [2.75, 3.05) is 0 Å². The molecule has 4 aromatic rings. The lowest BCUT2D eigenvalue weighted by Gasteiger charge is -2.09. The highest BCUT2D eigenvalue weighted by atomic mass is 32.1. The quantitative estimate of drug-likeness (QED) is 0.463. The van der Waals surface area contributed by atoms with E-state index in [0.717, 1.165) is 28.0 Å². The Balaban J connectivity index is 2.09. The summed E-state index contributed by atoms with van der Waals surface area (Å²) >= 11 is 10.7. The van der Waals surface area contributed by atoms with Gasteiger partial charge in [-0.25, -0.2) is 4.98 Å². The Morgan fingerprint density at radius 3 is 2.54 bits per heavy atom. The third-order valence-corrected chi connectivity index (χ3v) is 4.35. The fraction of sp³-hybridized carbons (Fsp3) is 0.0556. The highest BCUT2D eigenvalue weighted by molar-refractivity contribution is 7.72. The molecule has 0 atom stereocenters. The molecule has 4 rings (SSSR count). The minimum Gasteiger partial charge on any atom is -0.464 e. The van der Waals surface area contributed by atoms with Crippen molar-refractivity contribution < 1.29 is 4.42 Å². The molecule has 0 amide bonds. The van der Waals surface area contributed by atoms with Gasteiger partial charge in [0.25, 0.3) is 0 Å². The number of pyridine rings is 1. The van der Waals surface area contributed by atoms with E-state index >= 15 is 0 Å². The number of aryl methyl sites for hydroxylation is 1. The molecule has 118 valence electrons. The largest absolute Gasteiger partial charge is 0.464 e. The number of nitrogens with zero attached hydrogens (tertiary/aromatic N) is 1. The van der Waals surface area contributed by atoms with E-state index in [1.807, 2.05) is 30.3 Å². The zero-order valence-corrected chi connectivity index (χ0v) is 14.4. The standard InChI is InChI=1S/C18H13N3OS2/c1-10-4-6-11(7-5-10)13-9-12(14-3-2-8-22-14)15-16(19-13)20-18(24)21-17(15)23/h2-9H,1H3,(H2,19,20,21,23,24). The van der Waals surface area contributed by atoms with Gasteiger partial charge in [-0.15, -0.1) is 0 Å². The predicted molar refractivity (Wildman–Crippen MR) is 100.0 cm³/mol. The molecule has 0 fully saturated rings. The number of benzene rings is 1. The first-order valence-corrected chi connectivity index (χ1v) is 8.22. The van der Waals surface area contributed by atoms with Crippen molar-refractivity contribution in [2.45, 2.75) is 6.92 Å². The van der Waals surface area contributed by atoms with Gasteiger partial charge in [-0.1, -0.05) is 42.0 Å². The van der Waals surface area contributed by atoms with Crippen LogP contribution in [-0.4, -0.2) is 15.0 Å². The fourth-order valence-electron chi connectivity index (χ4n) is 2.67. The average molecular weight is 351 g/mol. The smallest absolute Gasteiger partial charge is 0.177 e. The van der Waals surface area contributed by atoms with E-state index in [4.69, 9.17) is 33.8 Å². The third kappa shape index (κ3) is 2.60. The first kappa shape index (κ1) is 15.0. The van der Waals surface area contributed by atoms with Gasteiger partial charge in [0.15, 0.2) is 4.77 Å². The average Bonchev–Trinajstić information content (AvgIpc) is 3.08. The van der Waals surface area contributed by atoms with Crippen molar-refractivity contribution >= 4 is 35.5 Å². The lowest BCUT2D eigenvalue weighted by Crippen LogP contribution is -1.95. The van der Waals surface area contributed by atoms with E-state index in [1.54, 1.807) is 6.26 Å². The van der Waals surface area contributed by atoms with E-state index in [-0.39, 0.29) is 0 Å². The summed E-state index contributed by atoms with van der Waals surface area (Å²) < 4.78 is 6.59. The van der Waals surface area contributed by atoms with Gasteiger partial charge in [-0.2, -0.15) is 0 Å². The number of furan rings is 1. The number of aromatic amines is 2. The van der Waals surface area contributed by atoms with Crippen LogP contribution in [0.5, 0.6) is 0 Å². The molecule has 0 radical (unpaired) electrons. The number of hydrogen-bond donors (Lipinski definition) is 2. The van der Waals surface area contributed by atoms with E-state index < -0.39 is 0 Å². The Morgan fingerprint density at radius 2 is 1.83 bits per heavy atom. The number of aromatic nitrogens is 3. The van der Waals surface area contributed by atoms with Crippen LogP contribution >= 0.6 is 24.4 Å². The summed E-state index contributed by atoms with van der Waals surface area (Å²) in [4.78, 5) is 10.8. The summed E-state index contributed by atoms with van der Waals surface area (Å²) in [6, 6.07) is 14.0. The molecule has 0 saturated heterocycles. The molecule has 0 bridgehead atoms. The first-order chi connectivity index (χ1) is 11.6. The number of hydrogen-bond acceptors (Lipinski definition) is 4. The maximum Gasteiger partial charge on any atom is 0.177 e. The summed E-state index contributed by atoms with van der Waals surface area (Å²) in [6.07, 6.45) is 1.64. The lowest BCUT2D eigenvalue weighted by atomic mass is 10.0. The molecular weight excluding hydrogens is 338 g/mol. The normalized spacial score (nSPS) is 11.0. The predicted octanol–water partition coefficient (Wildman–Crippen LogP) is 5.59. The van der Waals surface area contributed by atoms with Crippen LogP contribution in [0.25, 0.3) is 33.6 Å². The molecule has 0 aliphatic heterocycles. The maximum absolute atomic E-state index is 5.59. The molecule has 1 aromatic carbocycles. The molecule has 0 unspecified atom stereocenters. The van der Waals surface area contributed by atoms with Gasteiger partial charge in [0.05, 0.1) is 17.3 Å². The van der Waals surface area contributed by atoms with Crippen molar-refractivity contribution in [1.82, 2.24) is 15.0 Å². The van der Waals surface area contributed by atoms with Crippen LogP contribution in [0.2, 0.25) is 0 Å². The second kappa shape index (κ2) is 5.81. The minimum absolute atomic E-state index is 0.450. The van der Waals surface area contributed by atoms with Gasteiger partial charge >= 0.3 is 0 Å². The molecule has 3 aromatic heterocycles. The topological polar surface area (TPSA) is 57.6 Å². The van der Waals surface area contributed by atoms with E-state index in [2.05, 4.69) is 29.0 Å². The molecule has 0 spiro atoms. The van der Waals surface area contributed by atoms with Crippen LogP contribution in [0.3, 0.4) is 0 Å². The number of H-pyrrole nitrogens is 2. The van der Waals surface area contributed by atoms with Gasteiger partial charge in [-0.3, -0.25) is 0 Å². The third-order valence-electron chi connectivity index (χ3n) is 3.84. The van der Waals surface area contributed by atoms with Gasteiger partial charge < -0.3 is 14.4 Å². The van der Waals surface area contributed by atoms with Crippen molar-refractivity contribution in [1.29, 1.82) is 0 Å². The summed E-state index contributed by atoms with van der Waals surface area (Å²) in [7, 11) is 0. The Hall–Kier alpha value is -2.57. The van der Waals surface area contributed by atoms with E-state index in [9.17, 15) is 0 Å². The minimum atomic E-state index is 0.450. The number of rotatable bonds is 2. The van der Waals surface area contributed by atoms with Crippen LogP contribution in [0, 0.1) is 16.3 Å². The highest BCUT2D eigenvalue weighted by Crippen LogP contribution is 2.32.